The van der Waals surface area contributed by atoms with E-state index in [1.54, 1.807) is 25.7 Å². The maximum atomic E-state index is 13.2. The van der Waals surface area contributed by atoms with Gasteiger partial charge in [0.05, 0.1) is 12.6 Å². The van der Waals surface area contributed by atoms with Crippen molar-refractivity contribution >= 4 is 18.1 Å². The third-order valence-corrected chi connectivity index (χ3v) is 5.22. The third kappa shape index (κ3) is 5.45. The SMILES string of the molecule is CC(C)(C)OC(=O)N1C(=O)[C@@H](C[C@H]2COC(C)(C)N2C(=O)OC(C)(C)C)CC1(C)C. The molecule has 2 heterocycles. The molecule has 2 atom stereocenters. The Morgan fingerprint density at radius 1 is 1.00 bits per heavy atom. The van der Waals surface area contributed by atoms with Crippen LogP contribution in [0.4, 0.5) is 9.59 Å². The van der Waals surface area contributed by atoms with E-state index in [2.05, 4.69) is 0 Å². The number of rotatable bonds is 2. The second-order valence-electron chi connectivity index (χ2n) is 11.4. The Labute approximate surface area is 180 Å². The Bertz CT molecular complexity index is 701. The highest BCUT2D eigenvalue weighted by molar-refractivity contribution is 5.96. The zero-order valence-corrected chi connectivity index (χ0v) is 20.1. The summed E-state index contributed by atoms with van der Waals surface area (Å²) in [4.78, 5) is 41.5. The Morgan fingerprint density at radius 3 is 2.00 bits per heavy atom. The molecule has 2 aliphatic heterocycles. The van der Waals surface area contributed by atoms with Crippen LogP contribution in [0.15, 0.2) is 0 Å². The second-order valence-corrected chi connectivity index (χ2v) is 11.4. The van der Waals surface area contributed by atoms with Gasteiger partial charge >= 0.3 is 12.2 Å². The summed E-state index contributed by atoms with van der Waals surface area (Å²) in [5.74, 6) is -0.692. The van der Waals surface area contributed by atoms with Crippen LogP contribution >= 0.6 is 0 Å². The quantitative estimate of drug-likeness (QED) is 0.654. The molecule has 3 amide bonds. The van der Waals surface area contributed by atoms with E-state index < -0.39 is 40.6 Å². The monoisotopic (exact) mass is 426 g/mol. The number of likely N-dealkylation sites (tertiary alicyclic amines) is 1. The average Bonchev–Trinajstić information content (AvgIpc) is 2.88. The van der Waals surface area contributed by atoms with Crippen LogP contribution in [-0.4, -0.2) is 63.0 Å². The van der Waals surface area contributed by atoms with Crippen molar-refractivity contribution in [3.8, 4) is 0 Å². The number of carbonyl (C=O) groups excluding carboxylic acids is 3. The summed E-state index contributed by atoms with van der Waals surface area (Å²) in [7, 11) is 0. The van der Waals surface area contributed by atoms with Gasteiger partial charge in [-0.05, 0) is 82.1 Å². The fraction of sp³-hybridized carbons (Fsp3) is 0.864. The maximum absolute atomic E-state index is 13.2. The summed E-state index contributed by atoms with van der Waals surface area (Å²) >= 11 is 0. The predicted molar refractivity (Wildman–Crippen MR) is 112 cm³/mol. The van der Waals surface area contributed by atoms with Crippen molar-refractivity contribution in [2.75, 3.05) is 6.61 Å². The molecule has 0 aromatic heterocycles. The lowest BCUT2D eigenvalue weighted by Crippen LogP contribution is -2.50. The van der Waals surface area contributed by atoms with Crippen LogP contribution < -0.4 is 0 Å². The molecule has 0 aliphatic carbocycles. The molecule has 8 heteroatoms. The van der Waals surface area contributed by atoms with Gasteiger partial charge < -0.3 is 14.2 Å². The lowest BCUT2D eigenvalue weighted by Gasteiger charge is -2.35. The first-order valence-corrected chi connectivity index (χ1v) is 10.6. The molecule has 8 nitrogen and oxygen atoms in total. The van der Waals surface area contributed by atoms with E-state index in [0.29, 0.717) is 19.4 Å². The van der Waals surface area contributed by atoms with Crippen molar-refractivity contribution in [3.05, 3.63) is 0 Å². The molecule has 0 aromatic carbocycles. The molecular weight excluding hydrogens is 388 g/mol. The van der Waals surface area contributed by atoms with Crippen LogP contribution in [0.1, 0.15) is 82.1 Å². The molecule has 0 spiro atoms. The summed E-state index contributed by atoms with van der Waals surface area (Å²) in [6.07, 6.45) is -0.218. The molecule has 2 aliphatic rings. The van der Waals surface area contributed by atoms with E-state index in [1.807, 2.05) is 48.5 Å². The van der Waals surface area contributed by atoms with Crippen LogP contribution in [0.2, 0.25) is 0 Å². The molecule has 172 valence electrons. The van der Waals surface area contributed by atoms with E-state index in [9.17, 15) is 14.4 Å². The van der Waals surface area contributed by atoms with Gasteiger partial charge in [0.1, 0.15) is 16.9 Å². The first-order chi connectivity index (χ1) is 13.3. The first-order valence-electron chi connectivity index (χ1n) is 10.6. The zero-order valence-electron chi connectivity index (χ0n) is 20.1. The number of ether oxygens (including phenoxy) is 3. The van der Waals surface area contributed by atoms with Crippen molar-refractivity contribution in [3.63, 3.8) is 0 Å². The van der Waals surface area contributed by atoms with Crippen molar-refractivity contribution in [2.24, 2.45) is 5.92 Å². The molecule has 0 saturated carbocycles. The minimum atomic E-state index is -0.838. The van der Waals surface area contributed by atoms with Crippen molar-refractivity contribution < 1.29 is 28.6 Å². The molecule has 30 heavy (non-hydrogen) atoms. The van der Waals surface area contributed by atoms with Crippen LogP contribution in [-0.2, 0) is 19.0 Å². The van der Waals surface area contributed by atoms with Crippen LogP contribution in [0.5, 0.6) is 0 Å². The van der Waals surface area contributed by atoms with Crippen LogP contribution in [0, 0.1) is 5.92 Å². The molecule has 0 N–H and O–H groups in total. The minimum Gasteiger partial charge on any atom is -0.444 e. The Kier molecular flexibility index (Phi) is 6.27. The van der Waals surface area contributed by atoms with Gasteiger partial charge in [-0.1, -0.05) is 0 Å². The number of hydrogen-bond donors (Lipinski definition) is 0. The van der Waals surface area contributed by atoms with Crippen LogP contribution in [0.25, 0.3) is 0 Å². The van der Waals surface area contributed by atoms with Crippen LogP contribution in [0.3, 0.4) is 0 Å². The number of nitrogens with zero attached hydrogens (tertiary/aromatic N) is 2. The summed E-state index contributed by atoms with van der Waals surface area (Å²) in [5, 5.41) is 0. The minimum absolute atomic E-state index is 0.275. The first kappa shape index (κ1) is 24.4. The molecule has 0 bridgehead atoms. The topological polar surface area (TPSA) is 85.4 Å². The number of hydrogen-bond acceptors (Lipinski definition) is 6. The van der Waals surface area contributed by atoms with E-state index in [0.717, 1.165) is 0 Å². The molecule has 0 unspecified atom stereocenters. The lowest BCUT2D eigenvalue weighted by atomic mass is 9.91. The van der Waals surface area contributed by atoms with Crippen molar-refractivity contribution in [2.45, 2.75) is 111 Å². The fourth-order valence-corrected chi connectivity index (χ4v) is 4.16. The van der Waals surface area contributed by atoms with E-state index >= 15 is 0 Å². The highest BCUT2D eigenvalue weighted by Crippen LogP contribution is 2.40. The maximum Gasteiger partial charge on any atom is 0.417 e. The summed E-state index contributed by atoms with van der Waals surface area (Å²) < 4.78 is 16.9. The average molecular weight is 427 g/mol. The Morgan fingerprint density at radius 2 is 1.50 bits per heavy atom. The summed E-state index contributed by atoms with van der Waals surface area (Å²) in [5.41, 5.74) is -2.84. The molecule has 0 aromatic rings. The fourth-order valence-electron chi connectivity index (χ4n) is 4.16. The van der Waals surface area contributed by atoms with E-state index in [1.165, 1.54) is 4.90 Å². The summed E-state index contributed by atoms with van der Waals surface area (Å²) in [6.45, 7) is 18.4. The number of imide groups is 1. The van der Waals surface area contributed by atoms with Gasteiger partial charge in [0, 0.05) is 11.5 Å². The number of carbonyl (C=O) groups is 3. The molecular formula is C22H38N2O6. The third-order valence-electron chi connectivity index (χ3n) is 5.22. The van der Waals surface area contributed by atoms with Crippen molar-refractivity contribution in [1.29, 1.82) is 0 Å². The molecule has 2 saturated heterocycles. The second kappa shape index (κ2) is 7.70. The highest BCUT2D eigenvalue weighted by Gasteiger charge is 2.53. The van der Waals surface area contributed by atoms with Crippen molar-refractivity contribution in [1.82, 2.24) is 9.80 Å². The standard InChI is InChI=1S/C22H38N2O6/c1-19(2,3)29-17(26)23-15(13-28-22(23,9)10)11-14-12-21(7,8)24(16(14)25)18(27)30-20(4,5)6/h14-15H,11-13H2,1-10H3/t14-,15-/m0/s1. The number of amides is 3. The van der Waals surface area contributed by atoms with E-state index in [4.69, 9.17) is 14.2 Å². The lowest BCUT2D eigenvalue weighted by molar-refractivity contribution is -0.133. The highest BCUT2D eigenvalue weighted by atomic mass is 16.6. The predicted octanol–water partition coefficient (Wildman–Crippen LogP) is 4.31. The molecule has 2 rings (SSSR count). The van der Waals surface area contributed by atoms with Gasteiger partial charge in [0.2, 0.25) is 5.91 Å². The Hall–Kier alpha value is -1.83. The molecule has 2 fully saturated rings. The zero-order chi connectivity index (χ0) is 23.3. The van der Waals surface area contributed by atoms with Gasteiger partial charge in [-0.15, -0.1) is 0 Å². The van der Waals surface area contributed by atoms with Gasteiger partial charge in [-0.2, -0.15) is 0 Å². The molecule has 0 radical (unpaired) electrons. The van der Waals surface area contributed by atoms with Gasteiger partial charge in [-0.3, -0.25) is 9.69 Å². The van der Waals surface area contributed by atoms with E-state index in [-0.39, 0.29) is 11.9 Å². The van der Waals surface area contributed by atoms with Gasteiger partial charge in [0.25, 0.3) is 0 Å². The largest absolute Gasteiger partial charge is 0.444 e. The summed E-state index contributed by atoms with van der Waals surface area (Å²) in [6, 6.07) is -0.321. The smallest absolute Gasteiger partial charge is 0.417 e. The Balaban J connectivity index is 2.19. The van der Waals surface area contributed by atoms with Gasteiger partial charge in [-0.25, -0.2) is 14.5 Å². The van der Waals surface area contributed by atoms with Gasteiger partial charge in [0.15, 0.2) is 0 Å². The normalized spacial score (nSPS) is 26.1.